The molecule has 3 aliphatic rings. The van der Waals surface area contributed by atoms with Crippen molar-refractivity contribution in [2.75, 3.05) is 0 Å². The maximum atomic E-state index is 12.9. The van der Waals surface area contributed by atoms with Gasteiger partial charge in [-0.2, -0.15) is 0 Å². The van der Waals surface area contributed by atoms with Crippen LogP contribution in [-0.4, -0.2) is 17.2 Å². The Morgan fingerprint density at radius 3 is 2.50 bits per heavy atom. The first-order valence-corrected chi connectivity index (χ1v) is 8.80. The van der Waals surface area contributed by atoms with Crippen molar-refractivity contribution in [3.05, 3.63) is 40.0 Å². The normalized spacial score (nSPS) is 26.6. The van der Waals surface area contributed by atoms with Crippen molar-refractivity contribution in [3.8, 4) is 0 Å². The van der Waals surface area contributed by atoms with Gasteiger partial charge in [-0.05, 0) is 49.7 Å². The molecule has 0 fully saturated rings. The second-order valence-corrected chi connectivity index (χ2v) is 8.80. The monoisotopic (exact) mass is 324 g/mol. The lowest BCUT2D eigenvalue weighted by molar-refractivity contribution is -0.112. The van der Waals surface area contributed by atoms with Gasteiger partial charge in [0.25, 0.3) is 0 Å². The second kappa shape index (κ2) is 4.59. The minimum Gasteiger partial charge on any atom is -0.486 e. The zero-order valence-electron chi connectivity index (χ0n) is 15.1. The van der Waals surface area contributed by atoms with E-state index in [9.17, 15) is 9.59 Å². The predicted molar refractivity (Wildman–Crippen MR) is 92.8 cm³/mol. The summed E-state index contributed by atoms with van der Waals surface area (Å²) in [4.78, 5) is 25.7. The number of benzene rings is 1. The first kappa shape index (κ1) is 15.6. The van der Waals surface area contributed by atoms with Gasteiger partial charge in [0, 0.05) is 17.0 Å². The first-order valence-electron chi connectivity index (χ1n) is 8.80. The number of carbonyl (C=O) groups is 2. The molecule has 1 aliphatic heterocycles. The van der Waals surface area contributed by atoms with Crippen LogP contribution in [0.2, 0.25) is 0 Å². The number of ether oxygens (including phenoxy) is 1. The minimum absolute atomic E-state index is 0.0768. The maximum absolute atomic E-state index is 12.9. The highest BCUT2D eigenvalue weighted by Crippen LogP contribution is 2.49. The van der Waals surface area contributed by atoms with Crippen LogP contribution in [0, 0.1) is 11.3 Å². The minimum atomic E-state index is -0.458. The van der Waals surface area contributed by atoms with Gasteiger partial charge in [-0.1, -0.05) is 32.9 Å². The number of carbonyl (C=O) groups excluding carboxylic acids is 2. The van der Waals surface area contributed by atoms with Gasteiger partial charge in [0.1, 0.15) is 11.4 Å². The highest BCUT2D eigenvalue weighted by Gasteiger charge is 2.49. The lowest BCUT2D eigenvalue weighted by Gasteiger charge is -2.33. The van der Waals surface area contributed by atoms with Gasteiger partial charge < -0.3 is 4.74 Å². The zero-order valence-corrected chi connectivity index (χ0v) is 15.1. The molecule has 0 saturated heterocycles. The first-order chi connectivity index (χ1) is 11.1. The highest BCUT2D eigenvalue weighted by molar-refractivity contribution is 6.52. The Labute approximate surface area is 143 Å². The van der Waals surface area contributed by atoms with Crippen LogP contribution in [0.1, 0.15) is 68.1 Å². The van der Waals surface area contributed by atoms with Gasteiger partial charge in [-0.3, -0.25) is 9.59 Å². The largest absolute Gasteiger partial charge is 0.486 e. The summed E-state index contributed by atoms with van der Waals surface area (Å²) in [6, 6.07) is 4.12. The predicted octanol–water partition coefficient (Wildman–Crippen LogP) is 4.12. The number of fused-ring (bicyclic) bond motifs is 4. The van der Waals surface area contributed by atoms with Crippen molar-refractivity contribution in [2.24, 2.45) is 11.3 Å². The molecule has 3 heteroatoms. The van der Waals surface area contributed by atoms with Crippen LogP contribution >= 0.6 is 0 Å². The molecule has 1 atom stereocenters. The van der Waals surface area contributed by atoms with Crippen molar-refractivity contribution < 1.29 is 14.3 Å². The van der Waals surface area contributed by atoms with Crippen LogP contribution in [0.5, 0.6) is 0 Å². The molecule has 0 spiro atoms. The van der Waals surface area contributed by atoms with Crippen molar-refractivity contribution in [3.63, 3.8) is 0 Å². The van der Waals surface area contributed by atoms with E-state index in [0.29, 0.717) is 16.9 Å². The summed E-state index contributed by atoms with van der Waals surface area (Å²) in [7, 11) is 0. The highest BCUT2D eigenvalue weighted by atomic mass is 16.5. The molecule has 126 valence electrons. The molecule has 2 aliphatic carbocycles. The van der Waals surface area contributed by atoms with E-state index in [1.54, 1.807) is 0 Å². The summed E-state index contributed by atoms with van der Waals surface area (Å²) < 4.78 is 6.15. The Morgan fingerprint density at radius 2 is 1.79 bits per heavy atom. The van der Waals surface area contributed by atoms with Crippen LogP contribution < -0.4 is 0 Å². The number of hydrogen-bond donors (Lipinski definition) is 0. The van der Waals surface area contributed by atoms with Gasteiger partial charge in [-0.25, -0.2) is 0 Å². The summed E-state index contributed by atoms with van der Waals surface area (Å²) in [5, 5.41) is 0. The van der Waals surface area contributed by atoms with E-state index in [2.05, 4.69) is 19.9 Å². The van der Waals surface area contributed by atoms with Crippen LogP contribution in [0.15, 0.2) is 17.7 Å². The van der Waals surface area contributed by atoms with Crippen LogP contribution in [0.3, 0.4) is 0 Å². The quantitative estimate of drug-likeness (QED) is 0.674. The molecule has 0 aromatic heterocycles. The van der Waals surface area contributed by atoms with E-state index >= 15 is 0 Å². The van der Waals surface area contributed by atoms with E-state index in [0.717, 1.165) is 30.4 Å². The summed E-state index contributed by atoms with van der Waals surface area (Å²) in [6.07, 6.45) is 2.84. The molecule has 0 saturated carbocycles. The lowest BCUT2D eigenvalue weighted by Crippen LogP contribution is -2.32. The van der Waals surface area contributed by atoms with Crippen molar-refractivity contribution >= 4 is 17.3 Å². The fourth-order valence-electron chi connectivity index (χ4n) is 4.34. The summed E-state index contributed by atoms with van der Waals surface area (Å²) >= 11 is 0. The van der Waals surface area contributed by atoms with Gasteiger partial charge in [-0.15, -0.1) is 0 Å². The Bertz CT molecular complexity index is 824. The Balaban J connectivity index is 1.94. The van der Waals surface area contributed by atoms with Crippen LogP contribution in [-0.2, 0) is 22.4 Å². The molecular weight excluding hydrogens is 300 g/mol. The zero-order chi connectivity index (χ0) is 17.4. The van der Waals surface area contributed by atoms with E-state index < -0.39 is 5.60 Å². The van der Waals surface area contributed by atoms with E-state index in [-0.39, 0.29) is 22.9 Å². The van der Waals surface area contributed by atoms with Gasteiger partial charge in [0.2, 0.25) is 11.6 Å². The van der Waals surface area contributed by atoms with Crippen molar-refractivity contribution in [1.29, 1.82) is 0 Å². The van der Waals surface area contributed by atoms with Crippen molar-refractivity contribution in [1.82, 2.24) is 0 Å². The average Bonchev–Trinajstić information content (AvgIpc) is 2.73. The fraction of sp³-hybridized carbons (Fsp3) is 0.524. The third kappa shape index (κ3) is 1.96. The molecule has 1 unspecified atom stereocenters. The molecule has 0 bridgehead atoms. The van der Waals surface area contributed by atoms with Crippen LogP contribution in [0.4, 0.5) is 0 Å². The second-order valence-electron chi connectivity index (χ2n) is 8.80. The van der Waals surface area contributed by atoms with Gasteiger partial charge >= 0.3 is 0 Å². The number of ketones is 2. The summed E-state index contributed by atoms with van der Waals surface area (Å²) in [5.74, 6) is -0.144. The topological polar surface area (TPSA) is 43.4 Å². The number of rotatable bonds is 0. The van der Waals surface area contributed by atoms with E-state index in [1.807, 2.05) is 26.8 Å². The third-order valence-corrected chi connectivity index (χ3v) is 6.14. The molecule has 24 heavy (non-hydrogen) atoms. The molecule has 3 nitrogen and oxygen atoms in total. The number of hydrogen-bond acceptors (Lipinski definition) is 3. The summed E-state index contributed by atoms with van der Waals surface area (Å²) in [6.45, 7) is 10.4. The Kier molecular flexibility index (Phi) is 2.99. The maximum Gasteiger partial charge on any atom is 0.234 e. The van der Waals surface area contributed by atoms with Gasteiger partial charge in [0.05, 0.1) is 5.57 Å². The fourth-order valence-corrected chi connectivity index (χ4v) is 4.34. The SMILES string of the molecule is CC1C2=C(OC1(C)C)c1ccc3c(c1C(=O)C2=O)CCC(C)(C)C3. The standard InChI is InChI=1S/C21H24O3/c1-11-15-17(22)18(23)16-13-8-9-20(2,3)10-12(13)6-7-14(16)19(15)24-21(11,4)5/h6-7,11H,8-10H2,1-5H3. The Hall–Kier alpha value is -1.90. The molecule has 0 amide bonds. The molecule has 0 N–H and O–H groups in total. The molecule has 0 radical (unpaired) electrons. The summed E-state index contributed by atoms with van der Waals surface area (Å²) in [5.41, 5.74) is 4.06. The third-order valence-electron chi connectivity index (χ3n) is 6.14. The molecule has 1 aromatic carbocycles. The molecule has 4 rings (SSSR count). The Morgan fingerprint density at radius 1 is 1.08 bits per heavy atom. The lowest BCUT2D eigenvalue weighted by atomic mass is 9.70. The van der Waals surface area contributed by atoms with E-state index in [4.69, 9.17) is 4.74 Å². The van der Waals surface area contributed by atoms with Gasteiger partial charge in [0.15, 0.2) is 0 Å². The number of Topliss-reactive ketones (excluding diaryl/α,β-unsaturated/α-hetero) is 2. The van der Waals surface area contributed by atoms with E-state index in [1.165, 1.54) is 5.56 Å². The molecule has 1 heterocycles. The molecular formula is C21H24O3. The molecule has 1 aromatic rings. The smallest absolute Gasteiger partial charge is 0.234 e. The van der Waals surface area contributed by atoms with Crippen molar-refractivity contribution in [2.45, 2.75) is 59.5 Å². The van der Waals surface area contributed by atoms with Crippen LogP contribution in [0.25, 0.3) is 5.76 Å². The average molecular weight is 324 g/mol.